The lowest BCUT2D eigenvalue weighted by atomic mass is 10.00. The number of anilines is 1. The number of fused-ring (bicyclic) bond motifs is 1. The van der Waals surface area contributed by atoms with Gasteiger partial charge in [0, 0.05) is 61.5 Å². The molecule has 1 aliphatic heterocycles. The zero-order chi connectivity index (χ0) is 20.3. The summed E-state index contributed by atoms with van der Waals surface area (Å²) in [6.07, 6.45) is 6.75. The topological polar surface area (TPSA) is 96.8 Å². The Morgan fingerprint density at radius 1 is 0.933 bits per heavy atom. The Bertz CT molecular complexity index is 1170. The van der Waals surface area contributed by atoms with Gasteiger partial charge in [-0.05, 0) is 42.5 Å². The largest absolute Gasteiger partial charge is 0.354 e. The summed E-state index contributed by atoms with van der Waals surface area (Å²) < 4.78 is 0. The van der Waals surface area contributed by atoms with E-state index in [1.807, 2.05) is 30.3 Å². The van der Waals surface area contributed by atoms with E-state index in [9.17, 15) is 4.79 Å². The van der Waals surface area contributed by atoms with Crippen molar-refractivity contribution in [2.75, 3.05) is 24.5 Å². The molecule has 0 unspecified atom stereocenters. The van der Waals surface area contributed by atoms with E-state index < -0.39 is 0 Å². The van der Waals surface area contributed by atoms with Crippen molar-refractivity contribution in [2.24, 2.45) is 5.92 Å². The molecule has 5 rings (SSSR count). The minimum absolute atomic E-state index is 0.0949. The van der Waals surface area contributed by atoms with Gasteiger partial charge in [-0.1, -0.05) is 0 Å². The minimum atomic E-state index is -0.0949. The van der Waals surface area contributed by atoms with Crippen LogP contribution in [-0.2, 0) is 0 Å². The number of nitrogens with zero attached hydrogens (tertiary/aromatic N) is 6. The molecule has 3 aromatic heterocycles. The van der Waals surface area contributed by atoms with Crippen LogP contribution in [0, 0.1) is 5.92 Å². The van der Waals surface area contributed by atoms with Gasteiger partial charge < -0.3 is 10.2 Å². The maximum absolute atomic E-state index is 12.5. The molecule has 0 aliphatic carbocycles. The number of rotatable bonds is 5. The highest BCUT2D eigenvalue weighted by atomic mass is 16.1. The van der Waals surface area contributed by atoms with Crippen molar-refractivity contribution in [3.05, 3.63) is 72.8 Å². The highest BCUT2D eigenvalue weighted by Gasteiger charge is 2.28. The van der Waals surface area contributed by atoms with Gasteiger partial charge in [-0.25, -0.2) is 0 Å². The first-order valence-corrected chi connectivity index (χ1v) is 9.74. The molecule has 148 valence electrons. The summed E-state index contributed by atoms with van der Waals surface area (Å²) in [4.78, 5) is 27.1. The van der Waals surface area contributed by atoms with Gasteiger partial charge >= 0.3 is 0 Å². The third kappa shape index (κ3) is 3.67. The van der Waals surface area contributed by atoms with Crippen LogP contribution < -0.4 is 10.2 Å². The molecule has 8 nitrogen and oxygen atoms in total. The molecule has 0 bridgehead atoms. The molecule has 1 aliphatic rings. The van der Waals surface area contributed by atoms with Crippen LogP contribution in [0.5, 0.6) is 0 Å². The number of aromatic nitrogens is 5. The first-order chi connectivity index (χ1) is 14.8. The SMILES string of the molecule is O=C(NCC1CN(c2ccc(-c3ccncc3)nn2)C1)c1ccc2nccnc2c1. The number of pyridine rings is 1. The molecule has 30 heavy (non-hydrogen) atoms. The van der Waals surface area contributed by atoms with Gasteiger partial charge in [-0.3, -0.25) is 19.7 Å². The summed E-state index contributed by atoms with van der Waals surface area (Å²) in [7, 11) is 0. The standard InChI is InChI=1S/C22H19N7O/c30-22(17-1-2-19-20(11-17)25-10-9-24-19)26-12-15-13-29(14-15)21-4-3-18(27-28-21)16-5-7-23-8-6-16/h1-11,15H,12-14H2,(H,26,30). The number of carbonyl (C=O) groups excluding carboxylic acids is 1. The first-order valence-electron chi connectivity index (χ1n) is 9.74. The Labute approximate surface area is 173 Å². The van der Waals surface area contributed by atoms with Crippen LogP contribution in [0.1, 0.15) is 10.4 Å². The second kappa shape index (κ2) is 7.82. The van der Waals surface area contributed by atoms with Gasteiger partial charge in [0.05, 0.1) is 16.7 Å². The van der Waals surface area contributed by atoms with Crippen LogP contribution in [-0.4, -0.2) is 50.7 Å². The Morgan fingerprint density at radius 2 is 1.73 bits per heavy atom. The minimum Gasteiger partial charge on any atom is -0.354 e. The number of benzene rings is 1. The molecule has 1 N–H and O–H groups in total. The van der Waals surface area contributed by atoms with E-state index in [1.165, 1.54) is 0 Å². The molecular weight excluding hydrogens is 378 g/mol. The van der Waals surface area contributed by atoms with Crippen molar-refractivity contribution in [1.29, 1.82) is 0 Å². The van der Waals surface area contributed by atoms with Gasteiger partial charge in [0.1, 0.15) is 0 Å². The van der Waals surface area contributed by atoms with Crippen molar-refractivity contribution < 1.29 is 4.79 Å². The molecule has 1 fully saturated rings. The zero-order valence-corrected chi connectivity index (χ0v) is 16.1. The summed E-state index contributed by atoms with van der Waals surface area (Å²) in [6, 6.07) is 13.1. The van der Waals surface area contributed by atoms with Crippen LogP contribution in [0.15, 0.2) is 67.3 Å². The summed E-state index contributed by atoms with van der Waals surface area (Å²) in [5, 5.41) is 11.7. The molecule has 1 aromatic carbocycles. The van der Waals surface area contributed by atoms with E-state index in [0.717, 1.165) is 35.7 Å². The lowest BCUT2D eigenvalue weighted by Gasteiger charge is -2.39. The number of hydrogen-bond acceptors (Lipinski definition) is 7. The van der Waals surface area contributed by atoms with E-state index in [2.05, 4.69) is 35.4 Å². The van der Waals surface area contributed by atoms with Crippen LogP contribution in [0.25, 0.3) is 22.3 Å². The summed E-state index contributed by atoms with van der Waals surface area (Å²) in [5.74, 6) is 1.14. The number of nitrogens with one attached hydrogen (secondary N) is 1. The molecule has 0 atom stereocenters. The second-order valence-electron chi connectivity index (χ2n) is 7.25. The zero-order valence-electron chi connectivity index (χ0n) is 16.1. The fraction of sp³-hybridized carbons (Fsp3) is 0.182. The summed E-state index contributed by atoms with van der Waals surface area (Å²) >= 11 is 0. The molecular formula is C22H19N7O. The van der Waals surface area contributed by atoms with E-state index in [-0.39, 0.29) is 5.91 Å². The van der Waals surface area contributed by atoms with Gasteiger partial charge in [0.2, 0.25) is 0 Å². The average molecular weight is 397 g/mol. The van der Waals surface area contributed by atoms with Gasteiger partial charge in [0.15, 0.2) is 5.82 Å². The molecule has 0 spiro atoms. The number of carbonyl (C=O) groups is 1. The van der Waals surface area contributed by atoms with Crippen molar-refractivity contribution in [2.45, 2.75) is 0 Å². The molecule has 4 aromatic rings. The highest BCUT2D eigenvalue weighted by molar-refractivity contribution is 5.97. The van der Waals surface area contributed by atoms with Crippen LogP contribution in [0.3, 0.4) is 0 Å². The Kier molecular flexibility index (Phi) is 4.72. The molecule has 0 radical (unpaired) electrons. The Morgan fingerprint density at radius 3 is 2.50 bits per heavy atom. The van der Waals surface area contributed by atoms with E-state index in [1.54, 1.807) is 36.9 Å². The third-order valence-electron chi connectivity index (χ3n) is 5.19. The molecule has 0 saturated carbocycles. The quantitative estimate of drug-likeness (QED) is 0.552. The lowest BCUT2D eigenvalue weighted by molar-refractivity contribution is 0.0944. The monoisotopic (exact) mass is 397 g/mol. The second-order valence-corrected chi connectivity index (χ2v) is 7.25. The first kappa shape index (κ1) is 18.1. The van der Waals surface area contributed by atoms with Crippen molar-refractivity contribution in [3.63, 3.8) is 0 Å². The average Bonchev–Trinajstić information content (AvgIpc) is 2.78. The predicted molar refractivity (Wildman–Crippen MR) is 113 cm³/mol. The molecule has 1 amide bonds. The van der Waals surface area contributed by atoms with Crippen LogP contribution in [0.2, 0.25) is 0 Å². The van der Waals surface area contributed by atoms with Crippen molar-refractivity contribution in [1.82, 2.24) is 30.5 Å². The predicted octanol–water partition coefficient (Wildman–Crippen LogP) is 2.35. The highest BCUT2D eigenvalue weighted by Crippen LogP contribution is 2.23. The van der Waals surface area contributed by atoms with Gasteiger partial charge in [-0.15, -0.1) is 10.2 Å². The van der Waals surface area contributed by atoms with E-state index in [0.29, 0.717) is 23.5 Å². The maximum atomic E-state index is 12.5. The van der Waals surface area contributed by atoms with Gasteiger partial charge in [0.25, 0.3) is 5.91 Å². The maximum Gasteiger partial charge on any atom is 0.251 e. The summed E-state index contributed by atoms with van der Waals surface area (Å²) in [5.41, 5.74) is 3.91. The van der Waals surface area contributed by atoms with E-state index >= 15 is 0 Å². The Balaban J connectivity index is 1.14. The number of hydrogen-bond donors (Lipinski definition) is 1. The fourth-order valence-corrected chi connectivity index (χ4v) is 3.50. The Hall–Kier alpha value is -3.94. The van der Waals surface area contributed by atoms with Gasteiger partial charge in [-0.2, -0.15) is 0 Å². The van der Waals surface area contributed by atoms with E-state index in [4.69, 9.17) is 0 Å². The number of amides is 1. The van der Waals surface area contributed by atoms with Crippen LogP contribution in [0.4, 0.5) is 5.82 Å². The summed E-state index contributed by atoms with van der Waals surface area (Å²) in [6.45, 7) is 2.30. The lowest BCUT2D eigenvalue weighted by Crippen LogP contribution is -2.51. The molecule has 4 heterocycles. The smallest absolute Gasteiger partial charge is 0.251 e. The van der Waals surface area contributed by atoms with Crippen molar-refractivity contribution >= 4 is 22.8 Å². The normalized spacial score (nSPS) is 13.8. The van der Waals surface area contributed by atoms with Crippen molar-refractivity contribution in [3.8, 4) is 11.3 Å². The third-order valence-corrected chi connectivity index (χ3v) is 5.19. The molecule has 1 saturated heterocycles. The fourth-order valence-electron chi connectivity index (χ4n) is 3.50. The molecule has 8 heteroatoms. The van der Waals surface area contributed by atoms with Crippen LogP contribution >= 0.6 is 0 Å².